The van der Waals surface area contributed by atoms with Gasteiger partial charge in [0.1, 0.15) is 0 Å². The van der Waals surface area contributed by atoms with Crippen molar-refractivity contribution in [2.75, 3.05) is 0 Å². The Kier molecular flexibility index (Phi) is 2.33. The van der Waals surface area contributed by atoms with Crippen LogP contribution in [0, 0.1) is 0 Å². The Hall–Kier alpha value is -0.870. The van der Waals surface area contributed by atoms with E-state index < -0.39 is 0 Å². The molecule has 0 saturated carbocycles. The van der Waals surface area contributed by atoms with Crippen LogP contribution >= 0.6 is 45.9 Å². The van der Waals surface area contributed by atoms with E-state index in [0.717, 1.165) is 15.2 Å². The molecular formula is C13H5Cl2NS2. The number of nitrogens with zero attached hydrogens (tertiary/aromatic N) is 1. The van der Waals surface area contributed by atoms with Crippen molar-refractivity contribution in [3.8, 4) is 0 Å². The quantitative estimate of drug-likeness (QED) is 0.390. The smallest absolute Gasteiger partial charge is 0.184 e. The largest absolute Gasteiger partial charge is 0.225 e. The zero-order valence-corrected chi connectivity index (χ0v) is 12.1. The van der Waals surface area contributed by atoms with Gasteiger partial charge in [0.25, 0.3) is 0 Å². The van der Waals surface area contributed by atoms with Gasteiger partial charge in [0, 0.05) is 25.2 Å². The third kappa shape index (κ3) is 1.55. The number of rotatable bonds is 0. The Labute approximate surface area is 121 Å². The van der Waals surface area contributed by atoms with Gasteiger partial charge in [-0.3, -0.25) is 0 Å². The fraction of sp³-hybridized carbons (Fsp3) is 0. The molecule has 0 N–H and O–H groups in total. The van der Waals surface area contributed by atoms with Crippen molar-refractivity contribution in [1.29, 1.82) is 0 Å². The lowest BCUT2D eigenvalue weighted by Crippen LogP contribution is -1.69. The minimum absolute atomic E-state index is 0.588. The molecule has 0 aliphatic heterocycles. The van der Waals surface area contributed by atoms with Gasteiger partial charge in [-0.15, -0.1) is 22.7 Å². The lowest BCUT2D eigenvalue weighted by Gasteiger charge is -1.93. The van der Waals surface area contributed by atoms with Crippen molar-refractivity contribution >= 4 is 76.3 Å². The molecule has 5 heteroatoms. The van der Waals surface area contributed by atoms with Crippen LogP contribution in [-0.4, -0.2) is 4.98 Å². The molecule has 18 heavy (non-hydrogen) atoms. The topological polar surface area (TPSA) is 12.9 Å². The number of thiazole rings is 1. The van der Waals surface area contributed by atoms with Gasteiger partial charge in [-0.05, 0) is 30.3 Å². The molecule has 0 unspecified atom stereocenters. The van der Waals surface area contributed by atoms with Gasteiger partial charge >= 0.3 is 0 Å². The van der Waals surface area contributed by atoms with Crippen molar-refractivity contribution in [3.63, 3.8) is 0 Å². The zero-order chi connectivity index (χ0) is 12.3. The fourth-order valence-electron chi connectivity index (χ4n) is 2.14. The summed E-state index contributed by atoms with van der Waals surface area (Å²) in [6.45, 7) is 0. The van der Waals surface area contributed by atoms with Crippen LogP contribution in [-0.2, 0) is 0 Å². The monoisotopic (exact) mass is 309 g/mol. The molecular weight excluding hydrogens is 305 g/mol. The molecule has 88 valence electrons. The van der Waals surface area contributed by atoms with Crippen LogP contribution < -0.4 is 0 Å². The Morgan fingerprint density at radius 2 is 1.67 bits per heavy atom. The summed E-state index contributed by atoms with van der Waals surface area (Å²) in [7, 11) is 0. The molecule has 0 fully saturated rings. The standard InChI is InChI=1S/C13H5Cl2NS2/c14-6-1-2-10-7(3-6)8-4-12-9(5-11(8)17-10)16-13(15)18-12/h1-5H. The minimum Gasteiger partial charge on any atom is -0.225 e. The highest BCUT2D eigenvalue weighted by Crippen LogP contribution is 2.39. The Balaban J connectivity index is 2.23. The first-order chi connectivity index (χ1) is 8.70. The van der Waals surface area contributed by atoms with Crippen LogP contribution in [0.5, 0.6) is 0 Å². The summed E-state index contributed by atoms with van der Waals surface area (Å²) < 4.78 is 4.18. The number of thiophene rings is 1. The van der Waals surface area contributed by atoms with Crippen LogP contribution in [0.15, 0.2) is 30.3 Å². The fourth-order valence-corrected chi connectivity index (χ4v) is 4.47. The summed E-state index contributed by atoms with van der Waals surface area (Å²) in [4.78, 5) is 4.32. The molecule has 0 aliphatic rings. The second-order valence-corrected chi connectivity index (χ2v) is 7.16. The van der Waals surface area contributed by atoms with E-state index in [2.05, 4.69) is 23.2 Å². The normalized spacial score (nSPS) is 11.9. The van der Waals surface area contributed by atoms with E-state index in [1.54, 1.807) is 11.3 Å². The van der Waals surface area contributed by atoms with E-state index in [0.29, 0.717) is 4.47 Å². The molecule has 4 rings (SSSR count). The summed E-state index contributed by atoms with van der Waals surface area (Å²) in [5, 5.41) is 3.20. The molecule has 0 atom stereocenters. The summed E-state index contributed by atoms with van der Waals surface area (Å²) in [6.07, 6.45) is 0. The van der Waals surface area contributed by atoms with Gasteiger partial charge in [0.05, 0.1) is 10.2 Å². The Bertz CT molecular complexity index is 907. The molecule has 2 aromatic carbocycles. The number of hydrogen-bond acceptors (Lipinski definition) is 3. The van der Waals surface area contributed by atoms with Gasteiger partial charge in [-0.2, -0.15) is 0 Å². The van der Waals surface area contributed by atoms with Crippen molar-refractivity contribution in [1.82, 2.24) is 4.98 Å². The molecule has 0 bridgehead atoms. The molecule has 0 aliphatic carbocycles. The minimum atomic E-state index is 0.588. The third-order valence-corrected chi connectivity index (χ3v) is 5.41. The van der Waals surface area contributed by atoms with Gasteiger partial charge in [-0.1, -0.05) is 23.2 Å². The van der Waals surface area contributed by atoms with E-state index in [1.165, 1.54) is 31.5 Å². The van der Waals surface area contributed by atoms with Gasteiger partial charge in [0.15, 0.2) is 4.47 Å². The maximum atomic E-state index is 6.07. The maximum Gasteiger partial charge on any atom is 0.184 e. The summed E-state index contributed by atoms with van der Waals surface area (Å²) in [6, 6.07) is 10.3. The average Bonchev–Trinajstić information content (AvgIpc) is 2.85. The lowest BCUT2D eigenvalue weighted by atomic mass is 10.1. The first-order valence-corrected chi connectivity index (χ1v) is 7.67. The van der Waals surface area contributed by atoms with Crippen LogP contribution in [0.4, 0.5) is 0 Å². The number of aromatic nitrogens is 1. The third-order valence-electron chi connectivity index (χ3n) is 2.92. The van der Waals surface area contributed by atoms with Crippen LogP contribution in [0.3, 0.4) is 0 Å². The molecule has 2 heterocycles. The summed E-state index contributed by atoms with van der Waals surface area (Å²) in [5.74, 6) is 0. The highest BCUT2D eigenvalue weighted by atomic mass is 35.5. The van der Waals surface area contributed by atoms with Gasteiger partial charge < -0.3 is 0 Å². The summed E-state index contributed by atoms with van der Waals surface area (Å²) in [5.41, 5.74) is 0.968. The van der Waals surface area contributed by atoms with Crippen LogP contribution in [0.25, 0.3) is 30.4 Å². The van der Waals surface area contributed by atoms with Crippen molar-refractivity contribution < 1.29 is 0 Å². The first kappa shape index (κ1) is 11.0. The highest BCUT2D eigenvalue weighted by Gasteiger charge is 2.09. The number of hydrogen-bond donors (Lipinski definition) is 0. The predicted octanol–water partition coefficient (Wildman–Crippen LogP) is 5.97. The van der Waals surface area contributed by atoms with E-state index in [1.807, 2.05) is 12.1 Å². The van der Waals surface area contributed by atoms with Gasteiger partial charge in [0.2, 0.25) is 0 Å². The highest BCUT2D eigenvalue weighted by molar-refractivity contribution is 7.26. The molecule has 0 spiro atoms. The maximum absolute atomic E-state index is 6.07. The Morgan fingerprint density at radius 1 is 0.833 bits per heavy atom. The predicted molar refractivity (Wildman–Crippen MR) is 82.5 cm³/mol. The molecule has 2 aromatic heterocycles. The van der Waals surface area contributed by atoms with E-state index >= 15 is 0 Å². The van der Waals surface area contributed by atoms with Crippen LogP contribution in [0.1, 0.15) is 0 Å². The second-order valence-electron chi connectivity index (χ2n) is 4.03. The van der Waals surface area contributed by atoms with Crippen molar-refractivity contribution in [2.24, 2.45) is 0 Å². The van der Waals surface area contributed by atoms with E-state index in [-0.39, 0.29) is 0 Å². The zero-order valence-electron chi connectivity index (χ0n) is 8.91. The molecule has 0 amide bonds. The summed E-state index contributed by atoms with van der Waals surface area (Å²) >= 11 is 15.3. The molecule has 0 saturated heterocycles. The molecule has 4 aromatic rings. The first-order valence-electron chi connectivity index (χ1n) is 5.28. The van der Waals surface area contributed by atoms with E-state index in [4.69, 9.17) is 23.2 Å². The van der Waals surface area contributed by atoms with Gasteiger partial charge in [-0.25, -0.2) is 4.98 Å². The number of fused-ring (bicyclic) bond motifs is 4. The van der Waals surface area contributed by atoms with E-state index in [9.17, 15) is 0 Å². The average molecular weight is 310 g/mol. The Morgan fingerprint density at radius 3 is 2.56 bits per heavy atom. The lowest BCUT2D eigenvalue weighted by molar-refractivity contribution is 1.51. The van der Waals surface area contributed by atoms with Crippen molar-refractivity contribution in [3.05, 3.63) is 39.8 Å². The molecule has 1 nitrogen and oxygen atoms in total. The SMILES string of the molecule is Clc1ccc2sc3cc4nc(Cl)sc4cc3c2c1. The second kappa shape index (κ2) is 3.81. The number of benzene rings is 2. The number of halogens is 2. The molecule has 0 radical (unpaired) electrons. The van der Waals surface area contributed by atoms with Crippen molar-refractivity contribution in [2.45, 2.75) is 0 Å². The van der Waals surface area contributed by atoms with Crippen LogP contribution in [0.2, 0.25) is 9.49 Å².